The normalized spacial score (nSPS) is 18.2. The predicted molar refractivity (Wildman–Crippen MR) is 98.6 cm³/mol. The number of anilines is 1. The molecule has 3 rings (SSSR count). The van der Waals surface area contributed by atoms with Gasteiger partial charge in [0, 0.05) is 32.9 Å². The third-order valence-corrected chi connectivity index (χ3v) is 4.77. The first-order valence-corrected chi connectivity index (χ1v) is 8.73. The molecule has 0 aliphatic carbocycles. The van der Waals surface area contributed by atoms with Crippen LogP contribution in [0.1, 0.15) is 41.3 Å². The highest BCUT2D eigenvalue weighted by atomic mass is 16.3. The van der Waals surface area contributed by atoms with Gasteiger partial charge in [-0.2, -0.15) is 0 Å². The molecule has 5 nitrogen and oxygen atoms in total. The number of likely N-dealkylation sites (tertiary alicyclic amines) is 1. The van der Waals surface area contributed by atoms with Gasteiger partial charge in [0.25, 0.3) is 5.91 Å². The first-order chi connectivity index (χ1) is 12.1. The lowest BCUT2D eigenvalue weighted by atomic mass is 10.0. The second-order valence-corrected chi connectivity index (χ2v) is 6.76. The maximum Gasteiger partial charge on any atom is 0.255 e. The Bertz CT molecular complexity index is 701. The Balaban J connectivity index is 1.69. The topological polar surface area (TPSA) is 56.7 Å². The summed E-state index contributed by atoms with van der Waals surface area (Å²) in [4.78, 5) is 21.0. The second-order valence-electron chi connectivity index (χ2n) is 6.76. The highest BCUT2D eigenvalue weighted by Crippen LogP contribution is 2.28. The van der Waals surface area contributed by atoms with E-state index < -0.39 is 6.10 Å². The van der Waals surface area contributed by atoms with E-state index in [1.165, 1.54) is 0 Å². The third-order valence-electron chi connectivity index (χ3n) is 4.77. The molecular weight excluding hydrogens is 314 g/mol. The summed E-state index contributed by atoms with van der Waals surface area (Å²) < 4.78 is 0. The van der Waals surface area contributed by atoms with Crippen LogP contribution in [0.2, 0.25) is 0 Å². The zero-order chi connectivity index (χ0) is 17.8. The monoisotopic (exact) mass is 339 g/mol. The van der Waals surface area contributed by atoms with E-state index in [0.717, 1.165) is 30.8 Å². The third kappa shape index (κ3) is 3.99. The molecule has 0 saturated carbocycles. The van der Waals surface area contributed by atoms with Crippen molar-refractivity contribution in [1.82, 2.24) is 9.88 Å². The van der Waals surface area contributed by atoms with E-state index in [1.54, 1.807) is 6.20 Å². The molecule has 1 fully saturated rings. The number of hydrogen-bond donors (Lipinski definition) is 1. The summed E-state index contributed by atoms with van der Waals surface area (Å²) in [6, 6.07) is 13.4. The van der Waals surface area contributed by atoms with Crippen LogP contribution in [-0.4, -0.2) is 47.6 Å². The molecule has 1 aliphatic heterocycles. The number of nitrogens with zero attached hydrogens (tertiary/aromatic N) is 3. The van der Waals surface area contributed by atoms with Gasteiger partial charge >= 0.3 is 0 Å². The number of rotatable bonds is 5. The molecule has 1 N–H and O–H groups in total. The number of benzene rings is 1. The van der Waals surface area contributed by atoms with Gasteiger partial charge in [-0.05, 0) is 37.0 Å². The van der Waals surface area contributed by atoms with Crippen LogP contribution in [0.5, 0.6) is 0 Å². The van der Waals surface area contributed by atoms with E-state index in [4.69, 9.17) is 0 Å². The van der Waals surface area contributed by atoms with Gasteiger partial charge in [-0.1, -0.05) is 30.3 Å². The molecule has 2 unspecified atom stereocenters. The summed E-state index contributed by atoms with van der Waals surface area (Å²) in [6.07, 6.45) is 3.56. The summed E-state index contributed by atoms with van der Waals surface area (Å²) >= 11 is 0. The van der Waals surface area contributed by atoms with Crippen LogP contribution in [0.15, 0.2) is 48.7 Å². The average Bonchev–Trinajstić information content (AvgIpc) is 3.10. The van der Waals surface area contributed by atoms with E-state index in [-0.39, 0.29) is 11.9 Å². The zero-order valence-electron chi connectivity index (χ0n) is 14.8. The molecule has 2 atom stereocenters. The number of aliphatic hydroxyl groups is 1. The minimum absolute atomic E-state index is 0.000526. The fourth-order valence-corrected chi connectivity index (χ4v) is 3.36. The average molecular weight is 339 g/mol. The van der Waals surface area contributed by atoms with Gasteiger partial charge < -0.3 is 14.9 Å². The first kappa shape index (κ1) is 17.4. The maximum atomic E-state index is 12.8. The van der Waals surface area contributed by atoms with Crippen molar-refractivity contribution in [2.45, 2.75) is 31.4 Å². The molecule has 132 valence electrons. The van der Waals surface area contributed by atoms with Crippen LogP contribution in [0.4, 0.5) is 5.82 Å². The lowest BCUT2D eigenvalue weighted by Crippen LogP contribution is -2.36. The number of carbonyl (C=O) groups excluding carboxylic acids is 1. The van der Waals surface area contributed by atoms with Crippen LogP contribution in [0.25, 0.3) is 0 Å². The van der Waals surface area contributed by atoms with Crippen molar-refractivity contribution in [2.75, 3.05) is 25.5 Å². The van der Waals surface area contributed by atoms with Crippen LogP contribution in [0.3, 0.4) is 0 Å². The van der Waals surface area contributed by atoms with Crippen molar-refractivity contribution in [2.24, 2.45) is 0 Å². The highest BCUT2D eigenvalue weighted by Gasteiger charge is 2.31. The summed E-state index contributed by atoms with van der Waals surface area (Å²) in [6.45, 7) is 0.737. The van der Waals surface area contributed by atoms with Gasteiger partial charge in [0.2, 0.25) is 0 Å². The molecule has 1 amide bonds. The van der Waals surface area contributed by atoms with E-state index in [1.807, 2.05) is 66.4 Å². The molecule has 25 heavy (non-hydrogen) atoms. The van der Waals surface area contributed by atoms with Gasteiger partial charge in [-0.3, -0.25) is 4.79 Å². The van der Waals surface area contributed by atoms with E-state index in [9.17, 15) is 9.90 Å². The summed E-state index contributed by atoms with van der Waals surface area (Å²) in [5.74, 6) is 0.828. The Kier molecular flexibility index (Phi) is 5.34. The minimum Gasteiger partial charge on any atom is -0.388 e. The number of hydrogen-bond acceptors (Lipinski definition) is 4. The Morgan fingerprint density at radius 3 is 2.68 bits per heavy atom. The van der Waals surface area contributed by atoms with E-state index >= 15 is 0 Å². The Hall–Kier alpha value is -2.40. The molecule has 0 bridgehead atoms. The summed E-state index contributed by atoms with van der Waals surface area (Å²) in [7, 11) is 3.84. The number of amides is 1. The number of aliphatic hydroxyl groups excluding tert-OH is 1. The number of aromatic nitrogens is 1. The predicted octanol–water partition coefficient (Wildman–Crippen LogP) is 2.88. The van der Waals surface area contributed by atoms with Crippen LogP contribution in [0, 0.1) is 0 Å². The lowest BCUT2D eigenvalue weighted by molar-refractivity contribution is 0.0666. The van der Waals surface area contributed by atoms with E-state index in [2.05, 4.69) is 4.98 Å². The first-order valence-electron chi connectivity index (χ1n) is 8.73. The van der Waals surface area contributed by atoms with Gasteiger partial charge in [-0.25, -0.2) is 4.98 Å². The zero-order valence-corrected chi connectivity index (χ0v) is 14.8. The second kappa shape index (κ2) is 7.66. The van der Waals surface area contributed by atoms with Crippen molar-refractivity contribution in [3.8, 4) is 0 Å². The molecule has 0 radical (unpaired) electrons. The standard InChI is InChI=1S/C20H25N3O2/c1-22(2)19-11-10-16(14-21-19)20(25)23-12-6-9-17(23)13-18(24)15-7-4-3-5-8-15/h3-5,7-8,10-11,14,17-18,24H,6,9,12-13H2,1-2H3. The van der Waals surface area contributed by atoms with Crippen molar-refractivity contribution in [1.29, 1.82) is 0 Å². The fourth-order valence-electron chi connectivity index (χ4n) is 3.36. The van der Waals surface area contributed by atoms with Crippen LogP contribution in [-0.2, 0) is 0 Å². The summed E-state index contributed by atoms with van der Waals surface area (Å²) in [5, 5.41) is 10.5. The fraction of sp³-hybridized carbons (Fsp3) is 0.400. The van der Waals surface area contributed by atoms with Crippen molar-refractivity contribution >= 4 is 11.7 Å². The number of carbonyl (C=O) groups is 1. The molecule has 0 spiro atoms. The van der Waals surface area contributed by atoms with Crippen LogP contribution < -0.4 is 4.90 Å². The largest absolute Gasteiger partial charge is 0.388 e. The number of pyridine rings is 1. The molecule has 5 heteroatoms. The summed E-state index contributed by atoms with van der Waals surface area (Å²) in [5.41, 5.74) is 1.51. The molecule has 2 heterocycles. The molecule has 1 aliphatic rings. The van der Waals surface area contributed by atoms with Crippen molar-refractivity contribution in [3.63, 3.8) is 0 Å². The molecule has 1 saturated heterocycles. The molecule has 1 aromatic carbocycles. The highest BCUT2D eigenvalue weighted by molar-refractivity contribution is 5.94. The smallest absolute Gasteiger partial charge is 0.255 e. The van der Waals surface area contributed by atoms with Gasteiger partial charge in [0.05, 0.1) is 11.7 Å². The quantitative estimate of drug-likeness (QED) is 0.910. The molecule has 1 aromatic heterocycles. The van der Waals surface area contributed by atoms with E-state index in [0.29, 0.717) is 12.0 Å². The molecular formula is C20H25N3O2. The minimum atomic E-state index is -0.547. The Morgan fingerprint density at radius 1 is 1.28 bits per heavy atom. The SMILES string of the molecule is CN(C)c1ccc(C(=O)N2CCCC2CC(O)c2ccccc2)cn1. The Labute approximate surface area is 148 Å². The van der Waals surface area contributed by atoms with Gasteiger partial charge in [0.1, 0.15) is 5.82 Å². The van der Waals surface area contributed by atoms with Crippen molar-refractivity contribution in [3.05, 3.63) is 59.8 Å². The van der Waals surface area contributed by atoms with Crippen molar-refractivity contribution < 1.29 is 9.90 Å². The van der Waals surface area contributed by atoms with Crippen LogP contribution >= 0.6 is 0 Å². The Morgan fingerprint density at radius 2 is 2.04 bits per heavy atom. The molecule has 2 aromatic rings. The maximum absolute atomic E-state index is 12.8. The lowest BCUT2D eigenvalue weighted by Gasteiger charge is -2.27. The van der Waals surface area contributed by atoms with Gasteiger partial charge in [-0.15, -0.1) is 0 Å². The van der Waals surface area contributed by atoms with Gasteiger partial charge in [0.15, 0.2) is 0 Å².